The highest BCUT2D eigenvalue weighted by molar-refractivity contribution is 5.24. The smallest absolute Gasteiger partial charge is 0.131 e. The highest BCUT2D eigenvalue weighted by Gasteiger charge is 2.17. The molecule has 1 atom stereocenters. The molecule has 0 bridgehead atoms. The van der Waals surface area contributed by atoms with Crippen LogP contribution in [0.2, 0.25) is 0 Å². The van der Waals surface area contributed by atoms with E-state index in [4.69, 9.17) is 10.5 Å². The topological polar surface area (TPSA) is 61.0 Å². The van der Waals surface area contributed by atoms with E-state index in [0.29, 0.717) is 6.10 Å². The van der Waals surface area contributed by atoms with Gasteiger partial charge in [-0.3, -0.25) is 0 Å². The molecule has 1 aliphatic heterocycles. The van der Waals surface area contributed by atoms with Crippen molar-refractivity contribution in [2.75, 3.05) is 13.2 Å². The molecular formula is C15H25N3O. The standard InChI is InChI=1S/C15H25N3O/c1-11-14(7-5-8-16)12(2)18-15(17-11)10-13-6-3-4-9-19-13/h13H,3-10,16H2,1-2H3. The molecule has 2 rings (SSSR count). The molecular weight excluding hydrogens is 238 g/mol. The molecule has 0 amide bonds. The van der Waals surface area contributed by atoms with E-state index in [0.717, 1.165) is 56.0 Å². The quantitative estimate of drug-likeness (QED) is 0.883. The molecule has 1 unspecified atom stereocenters. The van der Waals surface area contributed by atoms with Gasteiger partial charge >= 0.3 is 0 Å². The van der Waals surface area contributed by atoms with Gasteiger partial charge in [0.15, 0.2) is 0 Å². The second-order valence-corrected chi connectivity index (χ2v) is 5.37. The number of rotatable bonds is 5. The number of hydrogen-bond donors (Lipinski definition) is 1. The van der Waals surface area contributed by atoms with Crippen LogP contribution in [-0.2, 0) is 17.6 Å². The van der Waals surface area contributed by atoms with Gasteiger partial charge < -0.3 is 10.5 Å². The summed E-state index contributed by atoms with van der Waals surface area (Å²) in [7, 11) is 0. The van der Waals surface area contributed by atoms with Crippen molar-refractivity contribution in [3.05, 3.63) is 22.8 Å². The average molecular weight is 263 g/mol. The fraction of sp³-hybridized carbons (Fsp3) is 0.733. The van der Waals surface area contributed by atoms with Crippen LogP contribution in [0.5, 0.6) is 0 Å². The van der Waals surface area contributed by atoms with Crippen LogP contribution >= 0.6 is 0 Å². The van der Waals surface area contributed by atoms with E-state index in [1.807, 2.05) is 0 Å². The highest BCUT2D eigenvalue weighted by Crippen LogP contribution is 2.18. The van der Waals surface area contributed by atoms with Gasteiger partial charge in [0.1, 0.15) is 5.82 Å². The molecule has 106 valence electrons. The third kappa shape index (κ3) is 3.98. The zero-order valence-electron chi connectivity index (χ0n) is 12.1. The summed E-state index contributed by atoms with van der Waals surface area (Å²) in [6, 6.07) is 0. The molecule has 1 aromatic heterocycles. The van der Waals surface area contributed by atoms with E-state index in [2.05, 4.69) is 23.8 Å². The van der Waals surface area contributed by atoms with Crippen molar-refractivity contribution >= 4 is 0 Å². The third-order valence-corrected chi connectivity index (χ3v) is 3.78. The number of aryl methyl sites for hydroxylation is 2. The molecule has 4 nitrogen and oxygen atoms in total. The first-order valence-electron chi connectivity index (χ1n) is 7.35. The molecule has 0 radical (unpaired) electrons. The monoisotopic (exact) mass is 263 g/mol. The lowest BCUT2D eigenvalue weighted by molar-refractivity contribution is 0.0156. The van der Waals surface area contributed by atoms with Crippen LogP contribution in [0.4, 0.5) is 0 Å². The van der Waals surface area contributed by atoms with Gasteiger partial charge in [0, 0.05) is 24.4 Å². The summed E-state index contributed by atoms with van der Waals surface area (Å²) in [5.41, 5.74) is 9.04. The van der Waals surface area contributed by atoms with E-state index in [-0.39, 0.29) is 0 Å². The van der Waals surface area contributed by atoms with Gasteiger partial charge in [0.25, 0.3) is 0 Å². The molecule has 2 N–H and O–H groups in total. The number of hydrogen-bond acceptors (Lipinski definition) is 4. The van der Waals surface area contributed by atoms with Gasteiger partial charge in [-0.15, -0.1) is 0 Å². The first kappa shape index (κ1) is 14.4. The number of nitrogens with two attached hydrogens (primary N) is 1. The SMILES string of the molecule is Cc1nc(CC2CCCCO2)nc(C)c1CCCN. The van der Waals surface area contributed by atoms with Crippen molar-refractivity contribution in [2.45, 2.75) is 58.5 Å². The largest absolute Gasteiger partial charge is 0.378 e. The maximum absolute atomic E-state index is 5.76. The minimum absolute atomic E-state index is 0.308. The summed E-state index contributed by atoms with van der Waals surface area (Å²) in [6.45, 7) is 5.76. The van der Waals surface area contributed by atoms with Gasteiger partial charge in [0.05, 0.1) is 6.10 Å². The number of nitrogens with zero attached hydrogens (tertiary/aromatic N) is 2. The Morgan fingerprint density at radius 2 is 1.95 bits per heavy atom. The van der Waals surface area contributed by atoms with Crippen LogP contribution in [0.1, 0.15) is 48.5 Å². The van der Waals surface area contributed by atoms with Crippen LogP contribution in [0.15, 0.2) is 0 Å². The summed E-state index contributed by atoms with van der Waals surface area (Å²) in [5.74, 6) is 0.929. The molecule has 19 heavy (non-hydrogen) atoms. The first-order valence-corrected chi connectivity index (χ1v) is 7.35. The van der Waals surface area contributed by atoms with Crippen molar-refractivity contribution in [3.8, 4) is 0 Å². The Morgan fingerprint density at radius 1 is 1.21 bits per heavy atom. The summed E-state index contributed by atoms with van der Waals surface area (Å²) in [4.78, 5) is 9.30. The minimum Gasteiger partial charge on any atom is -0.378 e. The van der Waals surface area contributed by atoms with Crippen LogP contribution in [0.25, 0.3) is 0 Å². The van der Waals surface area contributed by atoms with E-state index in [1.54, 1.807) is 0 Å². The lowest BCUT2D eigenvalue weighted by Gasteiger charge is -2.22. The van der Waals surface area contributed by atoms with E-state index in [9.17, 15) is 0 Å². The highest BCUT2D eigenvalue weighted by atomic mass is 16.5. The van der Waals surface area contributed by atoms with Crippen molar-refractivity contribution < 1.29 is 4.74 Å². The second kappa shape index (κ2) is 6.96. The van der Waals surface area contributed by atoms with Crippen LogP contribution in [0, 0.1) is 13.8 Å². The maximum Gasteiger partial charge on any atom is 0.131 e. The fourth-order valence-electron chi connectivity index (χ4n) is 2.71. The molecule has 2 heterocycles. The summed E-state index contributed by atoms with van der Waals surface area (Å²) >= 11 is 0. The van der Waals surface area contributed by atoms with Gasteiger partial charge in [-0.25, -0.2) is 9.97 Å². The van der Waals surface area contributed by atoms with Crippen LogP contribution in [0.3, 0.4) is 0 Å². The molecule has 4 heteroatoms. The average Bonchev–Trinajstić information content (AvgIpc) is 2.39. The lowest BCUT2D eigenvalue weighted by Crippen LogP contribution is -2.23. The van der Waals surface area contributed by atoms with Gasteiger partial charge in [-0.05, 0) is 58.1 Å². The van der Waals surface area contributed by atoms with E-state index in [1.165, 1.54) is 18.4 Å². The zero-order chi connectivity index (χ0) is 13.7. The van der Waals surface area contributed by atoms with Crippen molar-refractivity contribution in [1.82, 2.24) is 9.97 Å². The molecule has 0 aliphatic carbocycles. The molecule has 0 saturated carbocycles. The Bertz CT molecular complexity index is 391. The molecule has 0 spiro atoms. The normalized spacial score (nSPS) is 19.6. The van der Waals surface area contributed by atoms with Crippen molar-refractivity contribution in [3.63, 3.8) is 0 Å². The molecule has 1 aromatic rings. The molecule has 1 fully saturated rings. The Morgan fingerprint density at radius 3 is 2.53 bits per heavy atom. The predicted molar refractivity (Wildman–Crippen MR) is 76.2 cm³/mol. The van der Waals surface area contributed by atoms with Gasteiger partial charge in [-0.2, -0.15) is 0 Å². The van der Waals surface area contributed by atoms with E-state index < -0.39 is 0 Å². The Balaban J connectivity index is 2.05. The Labute approximate surface area is 115 Å². The van der Waals surface area contributed by atoms with Gasteiger partial charge in [-0.1, -0.05) is 0 Å². The summed E-state index contributed by atoms with van der Waals surface area (Å²) in [6.07, 6.45) is 6.71. The molecule has 0 aromatic carbocycles. The van der Waals surface area contributed by atoms with Crippen LogP contribution in [-0.4, -0.2) is 29.2 Å². The zero-order valence-corrected chi connectivity index (χ0v) is 12.1. The summed E-state index contributed by atoms with van der Waals surface area (Å²) < 4.78 is 5.76. The Hall–Kier alpha value is -1.00. The van der Waals surface area contributed by atoms with Crippen molar-refractivity contribution in [1.29, 1.82) is 0 Å². The number of ether oxygens (including phenoxy) is 1. The predicted octanol–water partition coefficient (Wildman–Crippen LogP) is 2.10. The first-order chi connectivity index (χ1) is 9.20. The second-order valence-electron chi connectivity index (χ2n) is 5.37. The maximum atomic E-state index is 5.76. The fourth-order valence-corrected chi connectivity index (χ4v) is 2.71. The minimum atomic E-state index is 0.308. The third-order valence-electron chi connectivity index (χ3n) is 3.78. The Kier molecular flexibility index (Phi) is 5.28. The molecule has 1 aliphatic rings. The number of aromatic nitrogens is 2. The van der Waals surface area contributed by atoms with Crippen LogP contribution < -0.4 is 5.73 Å². The van der Waals surface area contributed by atoms with Crippen molar-refractivity contribution in [2.24, 2.45) is 5.73 Å². The lowest BCUT2D eigenvalue weighted by atomic mass is 10.0. The molecule has 1 saturated heterocycles. The van der Waals surface area contributed by atoms with Gasteiger partial charge in [0.2, 0.25) is 0 Å². The summed E-state index contributed by atoms with van der Waals surface area (Å²) in [5, 5.41) is 0. The van der Waals surface area contributed by atoms with E-state index >= 15 is 0 Å².